The highest BCUT2D eigenvalue weighted by Crippen LogP contribution is 2.35. The van der Waals surface area contributed by atoms with E-state index in [1.807, 2.05) is 42.2 Å². The first-order valence-electron chi connectivity index (χ1n) is 9.15. The average molecular weight is 385 g/mol. The van der Waals surface area contributed by atoms with Gasteiger partial charge in [-0.25, -0.2) is 9.97 Å². The summed E-state index contributed by atoms with van der Waals surface area (Å²) in [5, 5.41) is 14.9. The number of aromatic nitrogens is 2. The van der Waals surface area contributed by atoms with Gasteiger partial charge in [-0.05, 0) is 25.3 Å². The van der Waals surface area contributed by atoms with Gasteiger partial charge in [0.25, 0.3) is 0 Å². The second-order valence-electron chi connectivity index (χ2n) is 6.71. The van der Waals surface area contributed by atoms with E-state index in [0.29, 0.717) is 25.9 Å². The van der Waals surface area contributed by atoms with E-state index in [1.165, 1.54) is 13.4 Å². The summed E-state index contributed by atoms with van der Waals surface area (Å²) < 4.78 is 4.80. The van der Waals surface area contributed by atoms with E-state index in [2.05, 4.69) is 15.3 Å². The molecule has 1 aliphatic heterocycles. The Morgan fingerprint density at radius 1 is 1.29 bits per heavy atom. The monoisotopic (exact) mass is 385 g/mol. The van der Waals surface area contributed by atoms with E-state index < -0.39 is 4.92 Å². The fourth-order valence-corrected chi connectivity index (χ4v) is 3.40. The van der Waals surface area contributed by atoms with Crippen molar-refractivity contribution in [2.24, 2.45) is 5.92 Å². The van der Waals surface area contributed by atoms with Gasteiger partial charge in [-0.3, -0.25) is 14.9 Å². The highest BCUT2D eigenvalue weighted by molar-refractivity contribution is 5.74. The number of nitrogens with zero attached hydrogens (tertiary/aromatic N) is 4. The zero-order chi connectivity index (χ0) is 20.1. The molecule has 0 radical (unpaired) electrons. The number of esters is 1. The van der Waals surface area contributed by atoms with E-state index >= 15 is 0 Å². The van der Waals surface area contributed by atoms with Crippen LogP contribution in [0.2, 0.25) is 0 Å². The molecule has 0 aliphatic carbocycles. The Labute approximate surface area is 162 Å². The molecule has 1 fully saturated rings. The fourth-order valence-electron chi connectivity index (χ4n) is 3.40. The number of carbonyl (C=O) groups is 1. The highest BCUT2D eigenvalue weighted by atomic mass is 16.6. The van der Waals surface area contributed by atoms with Crippen molar-refractivity contribution in [1.82, 2.24) is 9.97 Å². The third kappa shape index (κ3) is 4.19. The van der Waals surface area contributed by atoms with Crippen LogP contribution in [0.4, 0.5) is 17.3 Å². The molecule has 28 heavy (non-hydrogen) atoms. The van der Waals surface area contributed by atoms with Crippen LogP contribution in [0.1, 0.15) is 31.4 Å². The smallest absolute Gasteiger partial charge is 0.353 e. The second kappa shape index (κ2) is 8.64. The van der Waals surface area contributed by atoms with Crippen molar-refractivity contribution in [3.05, 3.63) is 52.3 Å². The average Bonchev–Trinajstić information content (AvgIpc) is 2.73. The molecule has 9 nitrogen and oxygen atoms in total. The number of carbonyl (C=O) groups excluding carboxylic acids is 1. The van der Waals surface area contributed by atoms with Crippen LogP contribution in [0.25, 0.3) is 0 Å². The van der Waals surface area contributed by atoms with Crippen LogP contribution in [0.5, 0.6) is 0 Å². The van der Waals surface area contributed by atoms with Crippen molar-refractivity contribution in [1.29, 1.82) is 0 Å². The van der Waals surface area contributed by atoms with Crippen LogP contribution in [-0.2, 0) is 9.53 Å². The van der Waals surface area contributed by atoms with Crippen LogP contribution >= 0.6 is 0 Å². The number of nitrogens with one attached hydrogen (secondary N) is 1. The lowest BCUT2D eigenvalue weighted by molar-refractivity contribution is -0.383. The summed E-state index contributed by atoms with van der Waals surface area (Å²) >= 11 is 0. The zero-order valence-corrected chi connectivity index (χ0v) is 15.9. The summed E-state index contributed by atoms with van der Waals surface area (Å²) in [6.45, 7) is 2.90. The standard InChI is InChI=1S/C19H23N5O4/c1-13(14-6-4-3-5-7-14)22-17-16(24(26)27)18(21-12-20-17)23-10-8-15(9-11-23)19(25)28-2/h3-7,12-13,15H,8-11H2,1-2H3,(H,20,21,22). The maximum Gasteiger partial charge on any atom is 0.353 e. The van der Waals surface area contributed by atoms with Crippen LogP contribution in [0.3, 0.4) is 0 Å². The van der Waals surface area contributed by atoms with Crippen molar-refractivity contribution in [3.8, 4) is 0 Å². The predicted octanol–water partition coefficient (Wildman–Crippen LogP) is 2.95. The maximum atomic E-state index is 11.8. The number of rotatable bonds is 6. The SMILES string of the molecule is COC(=O)C1CCN(c2ncnc(NC(C)c3ccccc3)c2[N+](=O)[O-])CC1. The molecule has 1 atom stereocenters. The molecular formula is C19H23N5O4. The van der Waals surface area contributed by atoms with Crippen LogP contribution < -0.4 is 10.2 Å². The molecule has 3 rings (SSSR count). The summed E-state index contributed by atoms with van der Waals surface area (Å²) in [4.78, 5) is 33.2. The number of piperidine rings is 1. The summed E-state index contributed by atoms with van der Waals surface area (Å²) in [6.07, 6.45) is 2.46. The van der Waals surface area contributed by atoms with Gasteiger partial charge >= 0.3 is 11.7 Å². The molecule has 2 aromatic rings. The molecule has 0 bridgehead atoms. The van der Waals surface area contributed by atoms with Gasteiger partial charge in [-0.2, -0.15) is 0 Å². The molecule has 1 unspecified atom stereocenters. The molecule has 1 aliphatic rings. The Kier molecular flexibility index (Phi) is 6.03. The molecule has 148 valence electrons. The Morgan fingerprint density at radius 2 is 1.96 bits per heavy atom. The molecule has 0 saturated carbocycles. The predicted molar refractivity (Wildman–Crippen MR) is 104 cm³/mol. The van der Waals surface area contributed by atoms with Crippen molar-refractivity contribution in [2.45, 2.75) is 25.8 Å². The van der Waals surface area contributed by atoms with Gasteiger partial charge in [-0.1, -0.05) is 30.3 Å². The van der Waals surface area contributed by atoms with E-state index in [9.17, 15) is 14.9 Å². The van der Waals surface area contributed by atoms with Crippen molar-refractivity contribution in [2.75, 3.05) is 30.4 Å². The highest BCUT2D eigenvalue weighted by Gasteiger charge is 2.32. The van der Waals surface area contributed by atoms with Gasteiger partial charge < -0.3 is 15.0 Å². The minimum atomic E-state index is -0.457. The molecule has 1 saturated heterocycles. The van der Waals surface area contributed by atoms with E-state index in [1.54, 1.807) is 0 Å². The molecule has 1 aromatic carbocycles. The summed E-state index contributed by atoms with van der Waals surface area (Å²) in [5.41, 5.74) is 0.845. The Morgan fingerprint density at radius 3 is 2.57 bits per heavy atom. The lowest BCUT2D eigenvalue weighted by atomic mass is 9.97. The molecule has 9 heteroatoms. The molecular weight excluding hydrogens is 362 g/mol. The summed E-state index contributed by atoms with van der Waals surface area (Å²) in [5.74, 6) is 0.0289. The molecule has 1 aromatic heterocycles. The fraction of sp³-hybridized carbons (Fsp3) is 0.421. The summed E-state index contributed by atoms with van der Waals surface area (Å²) in [6, 6.07) is 9.48. The second-order valence-corrected chi connectivity index (χ2v) is 6.71. The van der Waals surface area contributed by atoms with E-state index in [0.717, 1.165) is 5.56 Å². The third-order valence-corrected chi connectivity index (χ3v) is 4.97. The lowest BCUT2D eigenvalue weighted by Crippen LogP contribution is -2.37. The van der Waals surface area contributed by atoms with Crippen LogP contribution in [0, 0.1) is 16.0 Å². The molecule has 0 amide bonds. The minimum absolute atomic E-state index is 0.151. The first kappa shape index (κ1) is 19.5. The molecule has 2 heterocycles. The van der Waals surface area contributed by atoms with Crippen molar-refractivity contribution in [3.63, 3.8) is 0 Å². The normalized spacial score (nSPS) is 15.7. The van der Waals surface area contributed by atoms with Gasteiger partial charge in [-0.15, -0.1) is 0 Å². The number of hydrogen-bond acceptors (Lipinski definition) is 8. The Hall–Kier alpha value is -3.23. The first-order valence-corrected chi connectivity index (χ1v) is 9.15. The van der Waals surface area contributed by atoms with Crippen LogP contribution in [-0.4, -0.2) is 41.1 Å². The third-order valence-electron chi connectivity index (χ3n) is 4.97. The van der Waals surface area contributed by atoms with Gasteiger partial charge in [0.1, 0.15) is 6.33 Å². The number of benzene rings is 1. The summed E-state index contributed by atoms with van der Waals surface area (Å²) in [7, 11) is 1.37. The van der Waals surface area contributed by atoms with Crippen LogP contribution in [0.15, 0.2) is 36.7 Å². The van der Waals surface area contributed by atoms with Crippen molar-refractivity contribution >= 4 is 23.3 Å². The number of ether oxygens (including phenoxy) is 1. The number of hydrogen-bond donors (Lipinski definition) is 1. The largest absolute Gasteiger partial charge is 0.469 e. The van der Waals surface area contributed by atoms with Gasteiger partial charge in [0.15, 0.2) is 0 Å². The van der Waals surface area contributed by atoms with E-state index in [-0.39, 0.29) is 35.3 Å². The molecule has 1 N–H and O–H groups in total. The van der Waals surface area contributed by atoms with Gasteiger partial charge in [0.2, 0.25) is 11.6 Å². The Balaban J connectivity index is 1.82. The van der Waals surface area contributed by atoms with E-state index in [4.69, 9.17) is 4.74 Å². The number of nitro groups is 1. The lowest BCUT2D eigenvalue weighted by Gasteiger charge is -2.31. The quantitative estimate of drug-likeness (QED) is 0.459. The number of methoxy groups -OCH3 is 1. The Bertz CT molecular complexity index is 837. The number of anilines is 2. The topological polar surface area (TPSA) is 110 Å². The van der Waals surface area contributed by atoms with Crippen molar-refractivity contribution < 1.29 is 14.5 Å². The van der Waals surface area contributed by atoms with Gasteiger partial charge in [0.05, 0.1) is 24.0 Å². The zero-order valence-electron chi connectivity index (χ0n) is 15.9. The van der Waals surface area contributed by atoms with Gasteiger partial charge in [0, 0.05) is 13.1 Å². The maximum absolute atomic E-state index is 11.8. The minimum Gasteiger partial charge on any atom is -0.469 e. The first-order chi connectivity index (χ1) is 13.5. The molecule has 0 spiro atoms.